The number of benzene rings is 2. The van der Waals surface area contributed by atoms with Crippen molar-refractivity contribution in [2.24, 2.45) is 7.05 Å². The van der Waals surface area contributed by atoms with Crippen LogP contribution in [0, 0.1) is 13.8 Å². The summed E-state index contributed by atoms with van der Waals surface area (Å²) in [5.74, 6) is 1.25. The summed E-state index contributed by atoms with van der Waals surface area (Å²) in [4.78, 5) is 26.6. The SMILES string of the molecule is Cc1ccc(CC(=O)c2ccc(C)c(Nc3nc(-c4cccnc4)nc4c3cnn4C)c2)cc1. The quantitative estimate of drug-likeness (QED) is 0.359. The molecule has 168 valence electrons. The molecular weight excluding hydrogens is 424 g/mol. The molecular formula is C27H24N6O. The molecule has 3 aromatic heterocycles. The van der Waals surface area contributed by atoms with Gasteiger partial charge in [0.1, 0.15) is 5.82 Å². The molecule has 0 amide bonds. The zero-order valence-electron chi connectivity index (χ0n) is 19.3. The second-order valence-corrected chi connectivity index (χ2v) is 8.38. The number of ketones is 1. The Morgan fingerprint density at radius 3 is 2.59 bits per heavy atom. The van der Waals surface area contributed by atoms with Gasteiger partial charge in [0.05, 0.1) is 11.6 Å². The Hall–Kier alpha value is -4.39. The number of carbonyl (C=O) groups excluding carboxylic acids is 1. The Kier molecular flexibility index (Phi) is 5.59. The molecule has 0 aliphatic heterocycles. The van der Waals surface area contributed by atoms with Crippen LogP contribution in [-0.2, 0) is 13.5 Å². The largest absolute Gasteiger partial charge is 0.339 e. The molecule has 2 aromatic carbocycles. The highest BCUT2D eigenvalue weighted by Crippen LogP contribution is 2.29. The second kappa shape index (κ2) is 8.86. The third-order valence-electron chi connectivity index (χ3n) is 5.81. The summed E-state index contributed by atoms with van der Waals surface area (Å²) in [6.45, 7) is 4.04. The van der Waals surface area contributed by atoms with Crippen molar-refractivity contribution in [3.8, 4) is 11.4 Å². The molecule has 0 spiro atoms. The number of nitrogens with zero attached hydrogens (tertiary/aromatic N) is 5. The summed E-state index contributed by atoms with van der Waals surface area (Å²) in [5.41, 5.74) is 6.17. The van der Waals surface area contributed by atoms with Crippen molar-refractivity contribution in [1.29, 1.82) is 0 Å². The average molecular weight is 449 g/mol. The molecule has 0 fully saturated rings. The second-order valence-electron chi connectivity index (χ2n) is 8.38. The fraction of sp³-hybridized carbons (Fsp3) is 0.148. The zero-order valence-corrected chi connectivity index (χ0v) is 19.3. The van der Waals surface area contributed by atoms with E-state index < -0.39 is 0 Å². The highest BCUT2D eigenvalue weighted by Gasteiger charge is 2.15. The van der Waals surface area contributed by atoms with E-state index in [0.29, 0.717) is 29.3 Å². The first-order chi connectivity index (χ1) is 16.5. The highest BCUT2D eigenvalue weighted by atomic mass is 16.1. The van der Waals surface area contributed by atoms with E-state index in [-0.39, 0.29) is 5.78 Å². The van der Waals surface area contributed by atoms with Crippen molar-refractivity contribution >= 4 is 28.3 Å². The number of rotatable bonds is 6. The summed E-state index contributed by atoms with van der Waals surface area (Å²) in [5, 5.41) is 8.58. The van der Waals surface area contributed by atoms with Gasteiger partial charge in [-0.2, -0.15) is 5.10 Å². The molecule has 0 unspecified atom stereocenters. The van der Waals surface area contributed by atoms with Crippen LogP contribution < -0.4 is 5.32 Å². The first kappa shape index (κ1) is 21.5. The van der Waals surface area contributed by atoms with Crippen molar-refractivity contribution < 1.29 is 4.79 Å². The minimum atomic E-state index is 0.0668. The van der Waals surface area contributed by atoms with E-state index in [0.717, 1.165) is 27.8 Å². The number of aryl methyl sites for hydroxylation is 3. The van der Waals surface area contributed by atoms with E-state index in [1.165, 1.54) is 5.56 Å². The highest BCUT2D eigenvalue weighted by molar-refractivity contribution is 5.99. The van der Waals surface area contributed by atoms with E-state index in [1.54, 1.807) is 23.3 Å². The first-order valence-corrected chi connectivity index (χ1v) is 11.0. The maximum atomic E-state index is 13.0. The standard InChI is InChI=1S/C27H24N6O/c1-17-6-9-19(10-7-17)13-24(34)20-11-8-18(2)23(14-20)30-26-22-16-29-33(3)27(22)32-25(31-26)21-5-4-12-28-15-21/h4-12,14-16H,13H2,1-3H3,(H,30,31,32). The molecule has 3 heterocycles. The predicted octanol–water partition coefficient (Wildman–Crippen LogP) is 5.21. The van der Waals surface area contributed by atoms with Gasteiger partial charge >= 0.3 is 0 Å². The molecule has 5 aromatic rings. The summed E-state index contributed by atoms with van der Waals surface area (Å²) in [7, 11) is 1.85. The third-order valence-corrected chi connectivity index (χ3v) is 5.81. The van der Waals surface area contributed by atoms with E-state index in [1.807, 2.05) is 75.5 Å². The normalized spacial score (nSPS) is 11.0. The minimum Gasteiger partial charge on any atom is -0.339 e. The van der Waals surface area contributed by atoms with Crippen LogP contribution in [0.4, 0.5) is 11.5 Å². The molecule has 0 aliphatic carbocycles. The molecule has 5 rings (SSSR count). The number of fused-ring (bicyclic) bond motifs is 1. The Morgan fingerprint density at radius 2 is 1.82 bits per heavy atom. The summed E-state index contributed by atoms with van der Waals surface area (Å²) in [6.07, 6.45) is 5.55. The van der Waals surface area contributed by atoms with Gasteiger partial charge in [-0.05, 0) is 43.2 Å². The van der Waals surface area contributed by atoms with Crippen molar-refractivity contribution in [3.05, 3.63) is 95.4 Å². The monoisotopic (exact) mass is 448 g/mol. The first-order valence-electron chi connectivity index (χ1n) is 11.0. The zero-order chi connectivity index (χ0) is 23.7. The number of carbonyl (C=O) groups is 1. The van der Waals surface area contributed by atoms with E-state index in [4.69, 9.17) is 4.98 Å². The van der Waals surface area contributed by atoms with Gasteiger partial charge in [0.15, 0.2) is 17.3 Å². The molecule has 0 radical (unpaired) electrons. The summed E-state index contributed by atoms with van der Waals surface area (Å²) in [6, 6.07) is 17.5. The van der Waals surface area contributed by atoms with Crippen molar-refractivity contribution in [1.82, 2.24) is 24.7 Å². The van der Waals surface area contributed by atoms with Crippen LogP contribution in [0.1, 0.15) is 27.0 Å². The molecule has 0 aliphatic rings. The van der Waals surface area contributed by atoms with Gasteiger partial charge in [0, 0.05) is 42.7 Å². The van der Waals surface area contributed by atoms with E-state index in [9.17, 15) is 4.79 Å². The Bertz CT molecular complexity index is 1490. The molecule has 0 saturated heterocycles. The summed E-state index contributed by atoms with van der Waals surface area (Å²) >= 11 is 0. The van der Waals surface area contributed by atoms with Gasteiger partial charge in [0.2, 0.25) is 0 Å². The lowest BCUT2D eigenvalue weighted by Gasteiger charge is -2.13. The van der Waals surface area contributed by atoms with Crippen LogP contribution in [0.25, 0.3) is 22.4 Å². The van der Waals surface area contributed by atoms with Crippen LogP contribution in [0.15, 0.2) is 73.2 Å². The lowest BCUT2D eigenvalue weighted by molar-refractivity contribution is 0.0993. The van der Waals surface area contributed by atoms with Gasteiger partial charge in [-0.25, -0.2) is 9.97 Å². The fourth-order valence-corrected chi connectivity index (χ4v) is 3.79. The lowest BCUT2D eigenvalue weighted by Crippen LogP contribution is -2.06. The van der Waals surface area contributed by atoms with Crippen LogP contribution in [-0.4, -0.2) is 30.5 Å². The Balaban J connectivity index is 1.50. The van der Waals surface area contributed by atoms with E-state index >= 15 is 0 Å². The van der Waals surface area contributed by atoms with Gasteiger partial charge in [-0.1, -0.05) is 42.0 Å². The summed E-state index contributed by atoms with van der Waals surface area (Å²) < 4.78 is 1.72. The fourth-order valence-electron chi connectivity index (χ4n) is 3.79. The minimum absolute atomic E-state index is 0.0668. The van der Waals surface area contributed by atoms with Crippen molar-refractivity contribution in [2.75, 3.05) is 5.32 Å². The number of aromatic nitrogens is 5. The number of nitrogens with one attached hydrogen (secondary N) is 1. The van der Waals surface area contributed by atoms with E-state index in [2.05, 4.69) is 20.4 Å². The average Bonchev–Trinajstić information content (AvgIpc) is 3.23. The van der Waals surface area contributed by atoms with Crippen LogP contribution in [0.5, 0.6) is 0 Å². The molecule has 1 N–H and O–H groups in total. The van der Waals surface area contributed by atoms with Gasteiger partial charge in [-0.3, -0.25) is 14.5 Å². The van der Waals surface area contributed by atoms with Crippen LogP contribution >= 0.6 is 0 Å². The molecule has 34 heavy (non-hydrogen) atoms. The van der Waals surface area contributed by atoms with Gasteiger partial charge < -0.3 is 5.32 Å². The smallest absolute Gasteiger partial charge is 0.167 e. The van der Waals surface area contributed by atoms with Gasteiger partial charge in [0.25, 0.3) is 0 Å². The molecule has 0 bridgehead atoms. The lowest BCUT2D eigenvalue weighted by atomic mass is 10.0. The van der Waals surface area contributed by atoms with Crippen LogP contribution in [0.3, 0.4) is 0 Å². The number of hydrogen-bond acceptors (Lipinski definition) is 6. The molecule has 0 atom stereocenters. The maximum Gasteiger partial charge on any atom is 0.167 e. The third kappa shape index (κ3) is 4.28. The molecule has 7 heteroatoms. The topological polar surface area (TPSA) is 85.6 Å². The number of Topliss-reactive ketones (excluding diaryl/α,β-unsaturated/α-hetero) is 1. The Labute approximate surface area is 197 Å². The predicted molar refractivity (Wildman–Crippen MR) is 133 cm³/mol. The van der Waals surface area contributed by atoms with Gasteiger partial charge in [-0.15, -0.1) is 0 Å². The maximum absolute atomic E-state index is 13.0. The van der Waals surface area contributed by atoms with Crippen molar-refractivity contribution in [3.63, 3.8) is 0 Å². The number of hydrogen-bond donors (Lipinski definition) is 1. The number of anilines is 2. The number of pyridine rings is 1. The molecule has 0 saturated carbocycles. The van der Waals surface area contributed by atoms with Crippen molar-refractivity contribution in [2.45, 2.75) is 20.3 Å². The Morgan fingerprint density at radius 1 is 1.00 bits per heavy atom. The van der Waals surface area contributed by atoms with Crippen LogP contribution in [0.2, 0.25) is 0 Å². The molecule has 7 nitrogen and oxygen atoms in total.